The zero-order valence-corrected chi connectivity index (χ0v) is 81.3. The van der Waals surface area contributed by atoms with Crippen LogP contribution in [0.25, 0.3) is 25.1 Å². The largest absolute Gasteiger partial charge is 0.748 e. The molecule has 0 radical (unpaired) electrons. The number of carbonyl (C=O) groups is 6. The summed E-state index contributed by atoms with van der Waals surface area (Å²) in [6.07, 6.45) is 2.05. The zero-order chi connectivity index (χ0) is 93.2. The SMILES string of the molecule is CCC(C)(C)C(=O)OC(C[NH+](C)C)C[NH+](C)C.CCC(C)(C)C(=O)OC1(C)CCCC1.CCC(C)(C)C(=O)OC12CC3CC(C1)CC(C(=O)OC(CS(=O)(=O)[O-])C(F)(F)F)(C3)C2.CCC(C)c1cccc(O)c1.O=C(OCCS(=O)(=O)[O-])c1cccc(I)c1.O=C(OCCS(=O)(=O)[O-])c1cccc(I)c1.c1ccc(-[s+]2c3ccccc3c3ccccc32)cc1. The average molecular weight is 2040 g/mol. The van der Waals surface area contributed by atoms with Gasteiger partial charge in [-0.05, 0) is 285 Å². The number of rotatable bonds is 28. The Morgan fingerprint density at radius 1 is 0.556 bits per heavy atom. The summed E-state index contributed by atoms with van der Waals surface area (Å²) in [5.41, 5.74) is -1.96. The Kier molecular flexibility index (Phi) is 41.1. The van der Waals surface area contributed by atoms with Crippen molar-refractivity contribution in [2.24, 2.45) is 33.5 Å². The van der Waals surface area contributed by atoms with E-state index in [0.29, 0.717) is 54.9 Å². The van der Waals surface area contributed by atoms with Gasteiger partial charge in [-0.2, -0.15) is 13.2 Å². The number of phenolic OH excluding ortho intramolecular Hbond substituents is 1. The quantitative estimate of drug-likeness (QED) is 0.0135. The number of nitrogens with one attached hydrogen (secondary N) is 2. The Labute approximate surface area is 760 Å². The van der Waals surface area contributed by atoms with Crippen LogP contribution in [0.5, 0.6) is 5.75 Å². The number of phenols is 1. The fourth-order valence-electron chi connectivity index (χ4n) is 14.5. The van der Waals surface area contributed by atoms with Crippen molar-refractivity contribution in [3.05, 3.63) is 175 Å². The highest BCUT2D eigenvalue weighted by atomic mass is 127. The summed E-state index contributed by atoms with van der Waals surface area (Å²) in [7, 11) is -5.57. The van der Waals surface area contributed by atoms with E-state index in [4.69, 9.17) is 19.3 Å². The number of ether oxygens (including phenoxy) is 6. The molecule has 4 unspecified atom stereocenters. The fraction of sp³-hybridized carbons (Fsp3) is 0.538. The minimum Gasteiger partial charge on any atom is -0.748 e. The van der Waals surface area contributed by atoms with E-state index in [2.05, 4.69) is 142 Å². The molecule has 0 spiro atoms. The first-order valence-corrected chi connectivity index (χ1v) is 49.6. The summed E-state index contributed by atoms with van der Waals surface area (Å²) in [5, 5.41) is 11.9. The third-order valence-electron chi connectivity index (χ3n) is 22.4. The lowest BCUT2D eigenvalue weighted by Crippen LogP contribution is -3.11. The highest BCUT2D eigenvalue weighted by Gasteiger charge is 2.64. The molecule has 3 N–H and O–H groups in total. The zero-order valence-electron chi connectivity index (χ0n) is 73.7. The van der Waals surface area contributed by atoms with Crippen LogP contribution in [0, 0.1) is 40.6 Å². The highest BCUT2D eigenvalue weighted by molar-refractivity contribution is 14.1. The minimum atomic E-state index is -5.27. The molecule has 0 amide bonds. The van der Waals surface area contributed by atoms with Crippen LogP contribution >= 0.6 is 55.7 Å². The van der Waals surface area contributed by atoms with Gasteiger partial charge in [0.05, 0.1) is 109 Å². The Hall–Kier alpha value is -6.94. The van der Waals surface area contributed by atoms with Crippen LogP contribution < -0.4 is 9.80 Å². The number of likely N-dealkylation sites (N-methyl/N-ethyl adjacent to an activating group) is 2. The lowest BCUT2D eigenvalue weighted by molar-refractivity contribution is -0.885. The molecule has 5 aliphatic rings. The van der Waals surface area contributed by atoms with Crippen molar-refractivity contribution in [2.75, 3.05) is 71.8 Å². The number of esters is 6. The standard InChI is InChI=1S/C20H29F3O7S.C18H13S.C13H28N2O2.C12H22O2.C10H14O.2C9H9IO5S/c1-4-17(2,3)15(24)30-19-8-12-5-13(9-19)7-18(6-12,11-19)16(25)29-14(20(21,22)23)10-31(26,27)28;1-2-8-14(9-3-1)19-17-12-6-4-10-15(17)16-11-5-7-13-18(16)19;1-8-13(2,3)12(16)17-11(9-14(4)5)10-15(6)7;1-5-11(2,3)10(13)14-12(4)8-6-7-9-12;1-3-8(2)9-5-4-6-10(11)7-9;2*10-8-3-1-2-7(6-8)9(11)15-4-5-16(12,13)14/h12-14H,4-11H2,1-3H3,(H,26,27,28);1-13H;11H,8-10H2,1-7H3;5-9H2,1-4H3;4-8,11H,3H2,1-2H3;2*1-3,6H,4-5H2,(H,12,13,14)/q;+1;;;;;/p-1. The maximum atomic E-state index is 13.3. The summed E-state index contributed by atoms with van der Waals surface area (Å²) in [5.74, 6) is -5.33. The third-order valence-corrected chi connectivity index (χ3v) is 28.1. The van der Waals surface area contributed by atoms with Gasteiger partial charge in [-0.3, -0.25) is 19.2 Å². The predicted octanol–water partition coefficient (Wildman–Crippen LogP) is 15.9. The van der Waals surface area contributed by atoms with Crippen LogP contribution in [-0.4, -0.2) is 181 Å². The summed E-state index contributed by atoms with van der Waals surface area (Å²) in [6.45, 7) is 24.4. The lowest BCUT2D eigenvalue weighted by Gasteiger charge is -2.60. The van der Waals surface area contributed by atoms with Gasteiger partial charge in [-0.1, -0.05) is 101 Å². The summed E-state index contributed by atoms with van der Waals surface area (Å²) < 4.78 is 170. The molecule has 33 heteroatoms. The molecule has 6 aromatic carbocycles. The smallest absolute Gasteiger partial charge is 0.426 e. The topological polar surface area (TPSA) is 359 Å². The number of carbonyl (C=O) groups excluding carboxylic acids is 6. The molecule has 1 heterocycles. The van der Waals surface area contributed by atoms with E-state index < -0.39 is 113 Å². The molecule has 688 valence electrons. The summed E-state index contributed by atoms with van der Waals surface area (Å²) in [6, 6.07) is 49.2. The second kappa shape index (κ2) is 47.4. The minimum absolute atomic E-state index is 0.00100. The fourth-order valence-corrected chi connectivity index (χ4v) is 19.2. The number of thiophene rings is 1. The van der Waals surface area contributed by atoms with Crippen molar-refractivity contribution in [3.8, 4) is 10.6 Å². The maximum Gasteiger partial charge on any atom is 0.426 e. The van der Waals surface area contributed by atoms with Crippen molar-refractivity contribution >= 4 is 142 Å². The first kappa shape index (κ1) is 108. The monoisotopic (exact) mass is 2030 g/mol. The molecule has 5 saturated carbocycles. The second-order valence-corrected chi connectivity index (χ2v) is 43.9. The molecule has 4 bridgehead atoms. The van der Waals surface area contributed by atoms with Gasteiger partial charge >= 0.3 is 42.0 Å². The highest BCUT2D eigenvalue weighted by Crippen LogP contribution is 2.64. The average Bonchev–Trinajstić information content (AvgIpc) is 0.902. The van der Waals surface area contributed by atoms with Gasteiger partial charge in [-0.25, -0.2) is 34.8 Å². The van der Waals surface area contributed by atoms with E-state index in [9.17, 15) is 80.9 Å². The van der Waals surface area contributed by atoms with Crippen LogP contribution in [0.1, 0.15) is 205 Å². The predicted molar refractivity (Wildman–Crippen MR) is 487 cm³/mol. The van der Waals surface area contributed by atoms with Gasteiger partial charge in [0.15, 0.2) is 20.4 Å². The van der Waals surface area contributed by atoms with Crippen LogP contribution in [0.4, 0.5) is 13.2 Å². The molecular formula is C91H123F3I2N2O22S4. The molecule has 5 fully saturated rings. The van der Waals surface area contributed by atoms with Gasteiger partial charge in [0, 0.05) is 34.8 Å². The number of hydrogen-bond acceptors (Lipinski definition) is 22. The van der Waals surface area contributed by atoms with E-state index in [-0.39, 0.29) is 63.2 Å². The van der Waals surface area contributed by atoms with Crippen LogP contribution in [0.2, 0.25) is 0 Å². The molecule has 1 aromatic heterocycles. The number of aromatic hydroxyl groups is 1. The first-order chi connectivity index (χ1) is 57.5. The van der Waals surface area contributed by atoms with Crippen molar-refractivity contribution in [2.45, 2.75) is 208 Å². The summed E-state index contributed by atoms with van der Waals surface area (Å²) in [4.78, 5) is 76.3. The Balaban J connectivity index is 0.000000263. The molecule has 12 rings (SSSR count). The molecule has 7 aromatic rings. The molecule has 124 heavy (non-hydrogen) atoms. The van der Waals surface area contributed by atoms with Crippen LogP contribution in [0.15, 0.2) is 152 Å². The van der Waals surface area contributed by atoms with Gasteiger partial charge in [0.25, 0.3) is 0 Å². The molecule has 0 aliphatic heterocycles. The van der Waals surface area contributed by atoms with Crippen molar-refractivity contribution < 1.29 is 124 Å². The lowest BCUT2D eigenvalue weighted by atomic mass is 9.48. The number of hydrogen-bond donors (Lipinski definition) is 3. The van der Waals surface area contributed by atoms with E-state index in [1.807, 2.05) is 112 Å². The number of halogens is 5. The van der Waals surface area contributed by atoms with E-state index in [1.54, 1.807) is 68.4 Å². The van der Waals surface area contributed by atoms with Crippen molar-refractivity contribution in [1.29, 1.82) is 0 Å². The second-order valence-electron chi connectivity index (χ2n) is 34.9. The maximum absolute atomic E-state index is 13.3. The van der Waals surface area contributed by atoms with E-state index in [0.717, 1.165) is 58.8 Å². The van der Waals surface area contributed by atoms with E-state index in [1.165, 1.54) is 53.3 Å². The van der Waals surface area contributed by atoms with Gasteiger partial charge in [0.2, 0.25) is 6.10 Å². The molecule has 4 atom stereocenters. The number of fused-ring (bicyclic) bond motifs is 3. The molecule has 24 nitrogen and oxygen atoms in total. The molecule has 5 aliphatic carbocycles. The van der Waals surface area contributed by atoms with Crippen molar-refractivity contribution in [1.82, 2.24) is 0 Å². The Bertz CT molecular complexity index is 4870. The Morgan fingerprint density at radius 2 is 0.984 bits per heavy atom. The summed E-state index contributed by atoms with van der Waals surface area (Å²) >= 11 is 4.07. The van der Waals surface area contributed by atoms with Gasteiger partial charge in [0.1, 0.15) is 43.3 Å². The van der Waals surface area contributed by atoms with Crippen LogP contribution in [0.3, 0.4) is 0 Å². The Morgan fingerprint density at radius 3 is 1.39 bits per heavy atom. The van der Waals surface area contributed by atoms with Gasteiger partial charge in [-0.15, -0.1) is 0 Å². The van der Waals surface area contributed by atoms with Gasteiger partial charge < -0.3 is 57.0 Å². The third kappa shape index (κ3) is 35.3. The van der Waals surface area contributed by atoms with E-state index >= 15 is 0 Å². The number of benzene rings is 6. The van der Waals surface area contributed by atoms with Crippen LogP contribution in [-0.2, 0) is 78.0 Å². The normalized spacial score (nSPS) is 18.2. The molecule has 0 saturated heterocycles. The molecular weight excluding hydrogens is 1910 g/mol. The van der Waals surface area contributed by atoms with Crippen molar-refractivity contribution in [3.63, 3.8) is 0 Å². The first-order valence-electron chi connectivity index (χ1n) is 41.5. The number of alkyl halides is 3. The number of quaternary nitrogens is 2.